The molecule has 130 valence electrons. The molecule has 1 saturated heterocycles. The van der Waals surface area contributed by atoms with Crippen molar-refractivity contribution in [3.05, 3.63) is 23.2 Å². The molecular weight excluding hydrogens is 312 g/mol. The maximum atomic E-state index is 12.9. The largest absolute Gasteiger partial charge is 0.463 e. The van der Waals surface area contributed by atoms with E-state index >= 15 is 0 Å². The van der Waals surface area contributed by atoms with Crippen LogP contribution in [0.5, 0.6) is 0 Å². The van der Waals surface area contributed by atoms with Crippen LogP contribution in [-0.2, 0) is 16.1 Å². The summed E-state index contributed by atoms with van der Waals surface area (Å²) in [6.07, 6.45) is 3.59. The lowest BCUT2D eigenvalue weighted by molar-refractivity contribution is -0.134. The summed E-state index contributed by atoms with van der Waals surface area (Å²) < 4.78 is 10.1. The van der Waals surface area contributed by atoms with Crippen molar-refractivity contribution < 1.29 is 23.5 Å². The average molecular weight is 334 g/mol. The maximum Gasteiger partial charge on any atom is 0.374 e. The summed E-state index contributed by atoms with van der Waals surface area (Å²) in [5.74, 6) is -0.185. The van der Waals surface area contributed by atoms with E-state index in [4.69, 9.17) is 4.42 Å². The van der Waals surface area contributed by atoms with Crippen LogP contribution in [0.4, 0.5) is 4.79 Å². The summed E-state index contributed by atoms with van der Waals surface area (Å²) in [5.41, 5.74) is -0.174. The molecule has 1 N–H and O–H groups in total. The minimum atomic E-state index is -0.790. The highest BCUT2D eigenvalue weighted by Gasteiger charge is 2.54. The third kappa shape index (κ3) is 2.48. The van der Waals surface area contributed by atoms with Crippen molar-refractivity contribution >= 4 is 17.9 Å². The fraction of sp³-hybridized carbons (Fsp3) is 0.588. The van der Waals surface area contributed by atoms with Crippen LogP contribution in [0, 0.1) is 12.8 Å². The van der Waals surface area contributed by atoms with Crippen LogP contribution in [0.3, 0.4) is 0 Å². The zero-order chi connectivity index (χ0) is 17.5. The minimum absolute atomic E-state index is 0.0109. The van der Waals surface area contributed by atoms with Gasteiger partial charge in [0.25, 0.3) is 5.91 Å². The molecular formula is C17H22N2O5. The number of rotatable bonds is 3. The number of ether oxygens (including phenoxy) is 1. The Balaban J connectivity index is 1.82. The number of imide groups is 1. The summed E-state index contributed by atoms with van der Waals surface area (Å²) in [6.45, 7) is 3.74. The molecule has 1 aliphatic carbocycles. The lowest BCUT2D eigenvalue weighted by Gasteiger charge is -2.36. The Morgan fingerprint density at radius 1 is 1.46 bits per heavy atom. The Bertz CT molecular complexity index is 695. The number of nitrogens with zero attached hydrogens (tertiary/aromatic N) is 1. The van der Waals surface area contributed by atoms with E-state index in [0.29, 0.717) is 17.7 Å². The van der Waals surface area contributed by atoms with E-state index in [0.717, 1.165) is 19.3 Å². The smallest absolute Gasteiger partial charge is 0.374 e. The molecule has 1 spiro atoms. The second-order valence-electron chi connectivity index (χ2n) is 6.66. The van der Waals surface area contributed by atoms with Gasteiger partial charge in [0.05, 0.1) is 13.7 Å². The van der Waals surface area contributed by atoms with Gasteiger partial charge in [0.1, 0.15) is 11.3 Å². The number of esters is 1. The molecule has 24 heavy (non-hydrogen) atoms. The summed E-state index contributed by atoms with van der Waals surface area (Å²) in [5, 5.41) is 2.90. The van der Waals surface area contributed by atoms with Crippen molar-refractivity contribution in [2.45, 2.75) is 51.6 Å². The monoisotopic (exact) mass is 334 g/mol. The molecule has 1 aromatic heterocycles. The van der Waals surface area contributed by atoms with Crippen molar-refractivity contribution in [3.63, 3.8) is 0 Å². The number of hydrogen-bond acceptors (Lipinski definition) is 5. The first kappa shape index (κ1) is 16.5. The first-order chi connectivity index (χ1) is 11.4. The number of carbonyl (C=O) groups excluding carboxylic acids is 3. The Hall–Kier alpha value is -2.31. The van der Waals surface area contributed by atoms with Crippen LogP contribution < -0.4 is 5.32 Å². The van der Waals surface area contributed by atoms with Crippen molar-refractivity contribution in [2.75, 3.05) is 7.11 Å². The minimum Gasteiger partial charge on any atom is -0.463 e. The third-order valence-corrected chi connectivity index (χ3v) is 5.15. The Kier molecular flexibility index (Phi) is 4.11. The molecule has 3 rings (SSSR count). The van der Waals surface area contributed by atoms with Gasteiger partial charge < -0.3 is 14.5 Å². The number of methoxy groups -OCH3 is 1. The lowest BCUT2D eigenvalue weighted by Crippen LogP contribution is -2.53. The van der Waals surface area contributed by atoms with Gasteiger partial charge >= 0.3 is 12.0 Å². The summed E-state index contributed by atoms with van der Waals surface area (Å²) in [4.78, 5) is 38.1. The molecule has 1 saturated carbocycles. The second kappa shape index (κ2) is 5.96. The molecule has 1 aliphatic heterocycles. The normalized spacial score (nSPS) is 26.8. The summed E-state index contributed by atoms with van der Waals surface area (Å²) >= 11 is 0. The fourth-order valence-corrected chi connectivity index (χ4v) is 3.72. The van der Waals surface area contributed by atoms with E-state index < -0.39 is 17.5 Å². The van der Waals surface area contributed by atoms with Gasteiger partial charge in [0.15, 0.2) is 0 Å². The highest BCUT2D eigenvalue weighted by atomic mass is 16.5. The first-order valence-corrected chi connectivity index (χ1v) is 8.21. The number of carbonyl (C=O) groups is 3. The average Bonchev–Trinajstić information content (AvgIpc) is 3.03. The topological polar surface area (TPSA) is 88.8 Å². The van der Waals surface area contributed by atoms with Gasteiger partial charge in [-0.15, -0.1) is 0 Å². The van der Waals surface area contributed by atoms with Crippen LogP contribution in [-0.4, -0.2) is 35.5 Å². The number of aryl methyl sites for hydroxylation is 1. The third-order valence-electron chi connectivity index (χ3n) is 5.15. The standard InChI is InChI=1S/C17H22N2O5/c1-10-8-12(24-13(10)14(20)23-3)9-19-15(21)17(18-16(19)22)7-5-4-6-11(17)2/h8,11H,4-7,9H2,1-3H3,(H,18,22)/t11-,17-/m0/s1. The number of amides is 3. The summed E-state index contributed by atoms with van der Waals surface area (Å²) in [7, 11) is 1.27. The molecule has 1 aromatic rings. The van der Waals surface area contributed by atoms with Crippen LogP contribution >= 0.6 is 0 Å². The highest BCUT2D eigenvalue weighted by Crippen LogP contribution is 2.38. The van der Waals surface area contributed by atoms with E-state index in [1.807, 2.05) is 6.92 Å². The number of furan rings is 1. The Morgan fingerprint density at radius 2 is 2.21 bits per heavy atom. The van der Waals surface area contributed by atoms with Gasteiger partial charge in [-0.25, -0.2) is 9.59 Å². The molecule has 2 heterocycles. The predicted molar refractivity (Wildman–Crippen MR) is 84.2 cm³/mol. The van der Waals surface area contributed by atoms with E-state index in [1.54, 1.807) is 13.0 Å². The first-order valence-electron chi connectivity index (χ1n) is 8.21. The van der Waals surface area contributed by atoms with Crippen LogP contribution in [0.2, 0.25) is 0 Å². The second-order valence-corrected chi connectivity index (χ2v) is 6.66. The maximum absolute atomic E-state index is 12.9. The molecule has 0 unspecified atom stereocenters. The molecule has 0 bridgehead atoms. The van der Waals surface area contributed by atoms with E-state index in [2.05, 4.69) is 10.1 Å². The molecule has 7 heteroatoms. The number of hydrogen-bond donors (Lipinski definition) is 1. The zero-order valence-electron chi connectivity index (χ0n) is 14.2. The summed E-state index contributed by atoms with van der Waals surface area (Å²) in [6, 6.07) is 1.25. The molecule has 2 atom stereocenters. The van der Waals surface area contributed by atoms with E-state index in [-0.39, 0.29) is 24.1 Å². The Labute approximate surface area is 140 Å². The van der Waals surface area contributed by atoms with Gasteiger partial charge in [-0.05, 0) is 31.7 Å². The molecule has 2 aliphatic rings. The molecule has 0 aromatic carbocycles. The molecule has 3 amide bonds. The van der Waals surface area contributed by atoms with E-state index in [1.165, 1.54) is 12.0 Å². The van der Waals surface area contributed by atoms with E-state index in [9.17, 15) is 14.4 Å². The van der Waals surface area contributed by atoms with Crippen LogP contribution in [0.25, 0.3) is 0 Å². The van der Waals surface area contributed by atoms with Crippen molar-refractivity contribution in [2.24, 2.45) is 5.92 Å². The molecule has 0 radical (unpaired) electrons. The Morgan fingerprint density at radius 3 is 2.88 bits per heavy atom. The number of nitrogens with one attached hydrogen (secondary N) is 1. The van der Waals surface area contributed by atoms with Crippen LogP contribution in [0.15, 0.2) is 10.5 Å². The molecule has 7 nitrogen and oxygen atoms in total. The highest BCUT2D eigenvalue weighted by molar-refractivity contribution is 6.07. The number of urea groups is 1. The van der Waals surface area contributed by atoms with Crippen molar-refractivity contribution in [1.82, 2.24) is 10.2 Å². The van der Waals surface area contributed by atoms with Gasteiger partial charge in [-0.2, -0.15) is 0 Å². The fourth-order valence-electron chi connectivity index (χ4n) is 3.72. The molecule has 2 fully saturated rings. The SMILES string of the molecule is COC(=O)c1oc(CN2C(=O)N[C@]3(CCCC[C@@H]3C)C2=O)cc1C. The van der Waals surface area contributed by atoms with Gasteiger partial charge in [0, 0.05) is 5.56 Å². The quantitative estimate of drug-likeness (QED) is 0.677. The zero-order valence-corrected chi connectivity index (χ0v) is 14.2. The van der Waals surface area contributed by atoms with Crippen molar-refractivity contribution in [3.8, 4) is 0 Å². The van der Waals surface area contributed by atoms with Crippen LogP contribution in [0.1, 0.15) is 54.5 Å². The van der Waals surface area contributed by atoms with Gasteiger partial charge in [-0.3, -0.25) is 9.69 Å². The van der Waals surface area contributed by atoms with Gasteiger partial charge in [-0.1, -0.05) is 19.8 Å². The predicted octanol–water partition coefficient (Wildman–Crippen LogP) is 2.38. The van der Waals surface area contributed by atoms with Gasteiger partial charge in [0.2, 0.25) is 5.76 Å². The van der Waals surface area contributed by atoms with Crippen molar-refractivity contribution in [1.29, 1.82) is 0 Å². The lowest BCUT2D eigenvalue weighted by atomic mass is 9.73.